The molecule has 1 aromatic heterocycles. The number of furan rings is 1. The molecule has 0 amide bonds. The van der Waals surface area contributed by atoms with E-state index in [1.165, 1.54) is 6.07 Å². The largest absolute Gasteiger partial charge is 0.472 e. The molecule has 0 aliphatic rings. The molecule has 1 aromatic carbocycles. The molecule has 0 bridgehead atoms. The minimum atomic E-state index is -0.857. The highest BCUT2D eigenvalue weighted by Gasteiger charge is 2.14. The molecule has 1 heterocycles. The van der Waals surface area contributed by atoms with Gasteiger partial charge in [-0.15, -0.1) is 0 Å². The SMILES string of the molecule is CC(Nc1ccc([N+](=O)[O-])c(F)c1)c1ccoc1. The maximum Gasteiger partial charge on any atom is 0.304 e. The third-order valence-corrected chi connectivity index (χ3v) is 2.57. The van der Waals surface area contributed by atoms with E-state index in [4.69, 9.17) is 4.42 Å². The topological polar surface area (TPSA) is 68.3 Å². The van der Waals surface area contributed by atoms with Crippen molar-refractivity contribution >= 4 is 11.4 Å². The molecule has 1 N–H and O–H groups in total. The Balaban J connectivity index is 2.15. The van der Waals surface area contributed by atoms with Crippen molar-refractivity contribution in [2.45, 2.75) is 13.0 Å². The summed E-state index contributed by atoms with van der Waals surface area (Å²) in [5.74, 6) is -0.857. The van der Waals surface area contributed by atoms with Crippen LogP contribution >= 0.6 is 0 Å². The first-order valence-corrected chi connectivity index (χ1v) is 5.30. The van der Waals surface area contributed by atoms with Crippen LogP contribution in [0.25, 0.3) is 0 Å². The van der Waals surface area contributed by atoms with E-state index in [1.54, 1.807) is 18.6 Å². The van der Waals surface area contributed by atoms with Gasteiger partial charge in [-0.1, -0.05) is 0 Å². The molecule has 0 spiro atoms. The van der Waals surface area contributed by atoms with Crippen LogP contribution in [0, 0.1) is 15.9 Å². The molecule has 5 nitrogen and oxygen atoms in total. The molecule has 0 saturated heterocycles. The first-order valence-electron chi connectivity index (χ1n) is 5.30. The Morgan fingerprint density at radius 3 is 2.78 bits per heavy atom. The van der Waals surface area contributed by atoms with Crippen molar-refractivity contribution in [3.05, 3.63) is 58.3 Å². The summed E-state index contributed by atoms with van der Waals surface area (Å²) in [6.45, 7) is 1.88. The van der Waals surface area contributed by atoms with E-state index >= 15 is 0 Å². The van der Waals surface area contributed by atoms with Crippen molar-refractivity contribution in [3.8, 4) is 0 Å². The molecule has 6 heteroatoms. The summed E-state index contributed by atoms with van der Waals surface area (Å²) < 4.78 is 18.3. The molecule has 2 aromatic rings. The Morgan fingerprint density at radius 2 is 2.22 bits per heavy atom. The minimum absolute atomic E-state index is 0.0791. The fraction of sp³-hybridized carbons (Fsp3) is 0.167. The van der Waals surface area contributed by atoms with Crippen LogP contribution in [-0.2, 0) is 0 Å². The summed E-state index contributed by atoms with van der Waals surface area (Å²) in [6.07, 6.45) is 3.13. The Hall–Kier alpha value is -2.37. The van der Waals surface area contributed by atoms with Gasteiger partial charge in [-0.25, -0.2) is 0 Å². The standard InChI is InChI=1S/C12H11FN2O3/c1-8(9-4-5-18-7-9)14-10-2-3-12(15(16)17)11(13)6-10/h2-8,14H,1H3. The van der Waals surface area contributed by atoms with Gasteiger partial charge in [0.15, 0.2) is 0 Å². The van der Waals surface area contributed by atoms with Gasteiger partial charge in [-0.3, -0.25) is 10.1 Å². The molecular formula is C12H11FN2O3. The van der Waals surface area contributed by atoms with Gasteiger partial charge in [0.1, 0.15) is 0 Å². The summed E-state index contributed by atoms with van der Waals surface area (Å²) >= 11 is 0. The van der Waals surface area contributed by atoms with Gasteiger partial charge in [0, 0.05) is 23.4 Å². The third-order valence-electron chi connectivity index (χ3n) is 2.57. The van der Waals surface area contributed by atoms with Crippen LogP contribution in [0.4, 0.5) is 15.8 Å². The number of rotatable bonds is 4. The third kappa shape index (κ3) is 2.48. The second-order valence-corrected chi connectivity index (χ2v) is 3.85. The molecule has 94 valence electrons. The lowest BCUT2D eigenvalue weighted by molar-refractivity contribution is -0.387. The fourth-order valence-corrected chi connectivity index (χ4v) is 1.60. The Labute approximate surface area is 102 Å². The normalized spacial score (nSPS) is 12.1. The van der Waals surface area contributed by atoms with Crippen LogP contribution < -0.4 is 5.32 Å². The van der Waals surface area contributed by atoms with E-state index < -0.39 is 16.4 Å². The van der Waals surface area contributed by atoms with Crippen LogP contribution in [0.1, 0.15) is 18.5 Å². The highest BCUT2D eigenvalue weighted by Crippen LogP contribution is 2.24. The Kier molecular flexibility index (Phi) is 3.27. The predicted octanol–water partition coefficient (Wildman–Crippen LogP) is 3.50. The summed E-state index contributed by atoms with van der Waals surface area (Å²) in [4.78, 5) is 9.72. The van der Waals surface area contributed by atoms with E-state index in [0.717, 1.165) is 17.7 Å². The summed E-state index contributed by atoms with van der Waals surface area (Å²) in [5.41, 5.74) is 0.858. The number of anilines is 1. The average Bonchev–Trinajstić information content (AvgIpc) is 2.81. The smallest absolute Gasteiger partial charge is 0.304 e. The molecule has 0 radical (unpaired) electrons. The first-order chi connectivity index (χ1) is 8.58. The number of hydrogen-bond acceptors (Lipinski definition) is 4. The zero-order valence-corrected chi connectivity index (χ0v) is 9.59. The van der Waals surface area contributed by atoms with E-state index in [0.29, 0.717) is 5.69 Å². The molecule has 1 unspecified atom stereocenters. The van der Waals surface area contributed by atoms with Crippen molar-refractivity contribution in [3.63, 3.8) is 0 Å². The molecule has 0 aliphatic heterocycles. The van der Waals surface area contributed by atoms with Crippen LogP contribution in [0.3, 0.4) is 0 Å². The van der Waals surface area contributed by atoms with E-state index in [-0.39, 0.29) is 6.04 Å². The lowest BCUT2D eigenvalue weighted by atomic mass is 10.1. The number of nitrogens with one attached hydrogen (secondary N) is 1. The van der Waals surface area contributed by atoms with Crippen molar-refractivity contribution in [1.29, 1.82) is 0 Å². The number of halogens is 1. The second-order valence-electron chi connectivity index (χ2n) is 3.85. The monoisotopic (exact) mass is 250 g/mol. The van der Waals surface area contributed by atoms with Crippen LogP contribution in [-0.4, -0.2) is 4.92 Å². The number of nitro benzene ring substituents is 1. The summed E-state index contributed by atoms with van der Waals surface area (Å²) in [7, 11) is 0. The van der Waals surface area contributed by atoms with Gasteiger partial charge in [0.2, 0.25) is 5.82 Å². The maximum atomic E-state index is 13.4. The summed E-state index contributed by atoms with van der Waals surface area (Å²) in [5, 5.41) is 13.5. The van der Waals surface area contributed by atoms with E-state index in [2.05, 4.69) is 5.32 Å². The summed E-state index contributed by atoms with van der Waals surface area (Å²) in [6, 6.07) is 5.43. The van der Waals surface area contributed by atoms with Crippen molar-refractivity contribution in [1.82, 2.24) is 0 Å². The molecule has 2 rings (SSSR count). The molecule has 0 saturated carbocycles. The molecule has 0 fully saturated rings. The zero-order chi connectivity index (χ0) is 13.1. The minimum Gasteiger partial charge on any atom is -0.472 e. The second kappa shape index (κ2) is 4.87. The van der Waals surface area contributed by atoms with Gasteiger partial charge in [-0.05, 0) is 19.1 Å². The van der Waals surface area contributed by atoms with Gasteiger partial charge in [0.25, 0.3) is 0 Å². The van der Waals surface area contributed by atoms with Crippen LogP contribution in [0.2, 0.25) is 0 Å². The van der Waals surface area contributed by atoms with Gasteiger partial charge in [-0.2, -0.15) is 4.39 Å². The zero-order valence-electron chi connectivity index (χ0n) is 9.59. The molecule has 1 atom stereocenters. The van der Waals surface area contributed by atoms with E-state index in [9.17, 15) is 14.5 Å². The van der Waals surface area contributed by atoms with Crippen molar-refractivity contribution in [2.75, 3.05) is 5.32 Å². The predicted molar refractivity (Wildman–Crippen MR) is 63.8 cm³/mol. The number of nitrogens with zero attached hydrogens (tertiary/aromatic N) is 1. The molecule has 0 aliphatic carbocycles. The maximum absolute atomic E-state index is 13.4. The van der Waals surface area contributed by atoms with Gasteiger partial charge in [0.05, 0.1) is 23.5 Å². The number of benzene rings is 1. The first kappa shape index (κ1) is 12.1. The Bertz CT molecular complexity index is 554. The Morgan fingerprint density at radius 1 is 1.44 bits per heavy atom. The van der Waals surface area contributed by atoms with E-state index in [1.807, 2.05) is 6.92 Å². The van der Waals surface area contributed by atoms with Crippen LogP contribution in [0.5, 0.6) is 0 Å². The lowest BCUT2D eigenvalue weighted by Crippen LogP contribution is -2.06. The van der Waals surface area contributed by atoms with Crippen molar-refractivity contribution in [2.24, 2.45) is 0 Å². The van der Waals surface area contributed by atoms with Crippen LogP contribution in [0.15, 0.2) is 41.2 Å². The number of hydrogen-bond donors (Lipinski definition) is 1. The quantitative estimate of drug-likeness (QED) is 0.666. The van der Waals surface area contributed by atoms with Gasteiger partial charge < -0.3 is 9.73 Å². The highest BCUT2D eigenvalue weighted by atomic mass is 19.1. The van der Waals surface area contributed by atoms with Crippen molar-refractivity contribution < 1.29 is 13.7 Å². The lowest BCUT2D eigenvalue weighted by Gasteiger charge is -2.13. The molecular weight excluding hydrogens is 239 g/mol. The van der Waals surface area contributed by atoms with Gasteiger partial charge >= 0.3 is 5.69 Å². The highest BCUT2D eigenvalue weighted by molar-refractivity contribution is 5.50. The average molecular weight is 250 g/mol. The molecule has 18 heavy (non-hydrogen) atoms. The fourth-order valence-electron chi connectivity index (χ4n) is 1.60. The number of nitro groups is 1.